The van der Waals surface area contributed by atoms with E-state index in [9.17, 15) is 18.5 Å². The van der Waals surface area contributed by atoms with Gasteiger partial charge in [0.25, 0.3) is 5.69 Å². The molecule has 1 rings (SSSR count). The van der Waals surface area contributed by atoms with Crippen LogP contribution >= 0.6 is 0 Å². The average Bonchev–Trinajstić information content (AvgIpc) is 2.44. The van der Waals surface area contributed by atoms with Crippen molar-refractivity contribution >= 4 is 21.4 Å². The van der Waals surface area contributed by atoms with E-state index >= 15 is 0 Å². The highest BCUT2D eigenvalue weighted by molar-refractivity contribution is 7.89. The smallest absolute Gasteiger partial charge is 0.292 e. The van der Waals surface area contributed by atoms with Crippen LogP contribution in [-0.4, -0.2) is 37.8 Å². The first-order chi connectivity index (χ1) is 9.25. The molecule has 0 saturated carbocycles. The second kappa shape index (κ2) is 6.19. The Hall–Kier alpha value is -1.67. The Bertz CT molecular complexity index is 601. The van der Waals surface area contributed by atoms with Crippen LogP contribution in [0.4, 0.5) is 11.4 Å². The van der Waals surface area contributed by atoms with Gasteiger partial charge in [-0.15, -0.1) is 0 Å². The van der Waals surface area contributed by atoms with E-state index < -0.39 is 14.9 Å². The van der Waals surface area contributed by atoms with Crippen LogP contribution in [0.5, 0.6) is 0 Å². The summed E-state index contributed by atoms with van der Waals surface area (Å²) in [7, 11) is -0.640. The number of nitro groups is 1. The second-order valence-electron chi connectivity index (χ2n) is 4.46. The molecule has 0 bridgehead atoms. The van der Waals surface area contributed by atoms with E-state index in [1.165, 1.54) is 36.6 Å². The number of nitrogens with zero attached hydrogens (tertiary/aromatic N) is 2. The highest BCUT2D eigenvalue weighted by Crippen LogP contribution is 2.28. The van der Waals surface area contributed by atoms with Crippen LogP contribution in [-0.2, 0) is 10.0 Å². The highest BCUT2D eigenvalue weighted by Gasteiger charge is 2.26. The molecule has 0 aliphatic rings. The first-order valence-corrected chi connectivity index (χ1v) is 7.64. The molecular formula is C12H19N3O4S. The lowest BCUT2D eigenvalue weighted by Gasteiger charge is -2.23. The maximum atomic E-state index is 12.4. The third-order valence-corrected chi connectivity index (χ3v) is 5.29. The van der Waals surface area contributed by atoms with Gasteiger partial charge < -0.3 is 5.32 Å². The van der Waals surface area contributed by atoms with Crippen molar-refractivity contribution in [2.24, 2.45) is 0 Å². The predicted octanol–water partition coefficient (Wildman–Crippen LogP) is 2.06. The molecule has 0 aliphatic carbocycles. The van der Waals surface area contributed by atoms with Gasteiger partial charge in [-0.3, -0.25) is 10.1 Å². The van der Waals surface area contributed by atoms with E-state index in [1.54, 1.807) is 0 Å². The number of hydrogen-bond donors (Lipinski definition) is 1. The molecule has 0 saturated heterocycles. The summed E-state index contributed by atoms with van der Waals surface area (Å²) in [5, 5.41) is 13.5. The molecule has 0 aliphatic heterocycles. The molecular weight excluding hydrogens is 282 g/mol. The number of hydrogen-bond acceptors (Lipinski definition) is 5. The fraction of sp³-hybridized carbons (Fsp3) is 0.500. The van der Waals surface area contributed by atoms with Crippen molar-refractivity contribution in [1.82, 2.24) is 4.31 Å². The summed E-state index contributed by atoms with van der Waals surface area (Å²) in [6, 6.07) is 3.59. The third-order valence-electron chi connectivity index (χ3n) is 3.32. The molecule has 112 valence electrons. The lowest BCUT2D eigenvalue weighted by molar-refractivity contribution is -0.384. The Labute approximate surface area is 118 Å². The molecule has 1 aromatic carbocycles. The quantitative estimate of drug-likeness (QED) is 0.641. The van der Waals surface area contributed by atoms with Crippen molar-refractivity contribution in [2.75, 3.05) is 19.4 Å². The number of nitro benzene ring substituents is 1. The molecule has 7 nitrogen and oxygen atoms in total. The minimum atomic E-state index is -3.65. The molecule has 0 heterocycles. The van der Waals surface area contributed by atoms with Gasteiger partial charge in [-0.2, -0.15) is 4.31 Å². The summed E-state index contributed by atoms with van der Waals surface area (Å²) >= 11 is 0. The van der Waals surface area contributed by atoms with Gasteiger partial charge in [-0.05, 0) is 25.5 Å². The minimum Gasteiger partial charge on any atom is -0.383 e. The summed E-state index contributed by atoms with van der Waals surface area (Å²) in [4.78, 5) is 10.3. The van der Waals surface area contributed by atoms with Crippen molar-refractivity contribution in [1.29, 1.82) is 0 Å². The second-order valence-corrected chi connectivity index (χ2v) is 6.46. The molecule has 0 fully saturated rings. The lowest BCUT2D eigenvalue weighted by Crippen LogP contribution is -2.34. The molecule has 1 aromatic rings. The van der Waals surface area contributed by atoms with Gasteiger partial charge in [0.05, 0.1) is 9.82 Å². The zero-order valence-electron chi connectivity index (χ0n) is 12.0. The summed E-state index contributed by atoms with van der Waals surface area (Å²) in [6.07, 6.45) is 0.682. The van der Waals surface area contributed by atoms with E-state index in [1.807, 2.05) is 13.8 Å². The maximum absolute atomic E-state index is 12.4. The van der Waals surface area contributed by atoms with E-state index in [4.69, 9.17) is 0 Å². The minimum absolute atomic E-state index is 0.0373. The first kappa shape index (κ1) is 16.4. The number of anilines is 1. The number of benzene rings is 1. The molecule has 0 radical (unpaired) electrons. The van der Waals surface area contributed by atoms with E-state index in [-0.39, 0.29) is 22.3 Å². The number of rotatable bonds is 6. The Morgan fingerprint density at radius 3 is 2.50 bits per heavy atom. The molecule has 1 N–H and O–H groups in total. The fourth-order valence-electron chi connectivity index (χ4n) is 1.70. The summed E-state index contributed by atoms with van der Waals surface area (Å²) < 4.78 is 26.1. The molecule has 0 aromatic heterocycles. The van der Waals surface area contributed by atoms with Crippen LogP contribution in [0.1, 0.15) is 20.3 Å². The molecule has 0 amide bonds. The van der Waals surface area contributed by atoms with Crippen molar-refractivity contribution in [3.63, 3.8) is 0 Å². The predicted molar refractivity (Wildman–Crippen MR) is 77.3 cm³/mol. The lowest BCUT2D eigenvalue weighted by atomic mass is 10.3. The van der Waals surface area contributed by atoms with Crippen LogP contribution in [0.3, 0.4) is 0 Å². The van der Waals surface area contributed by atoms with Crippen molar-refractivity contribution in [2.45, 2.75) is 31.2 Å². The van der Waals surface area contributed by atoms with E-state index in [0.29, 0.717) is 6.42 Å². The Kier molecular flexibility index (Phi) is 5.07. The Morgan fingerprint density at radius 1 is 1.45 bits per heavy atom. The van der Waals surface area contributed by atoms with Crippen LogP contribution in [0.25, 0.3) is 0 Å². The molecule has 8 heteroatoms. The van der Waals surface area contributed by atoms with E-state index in [2.05, 4.69) is 5.32 Å². The van der Waals surface area contributed by atoms with Crippen LogP contribution < -0.4 is 5.32 Å². The summed E-state index contributed by atoms with van der Waals surface area (Å²) in [5.74, 6) is 0. The maximum Gasteiger partial charge on any atom is 0.292 e. The van der Waals surface area contributed by atoms with Gasteiger partial charge in [0.1, 0.15) is 5.69 Å². The third kappa shape index (κ3) is 3.07. The summed E-state index contributed by atoms with van der Waals surface area (Å²) in [6.45, 7) is 3.70. The zero-order chi connectivity index (χ0) is 15.5. The van der Waals surface area contributed by atoms with Gasteiger partial charge in [0.2, 0.25) is 10.0 Å². The van der Waals surface area contributed by atoms with Crippen molar-refractivity contribution in [3.05, 3.63) is 28.3 Å². The van der Waals surface area contributed by atoms with E-state index in [0.717, 1.165) is 0 Å². The molecule has 20 heavy (non-hydrogen) atoms. The summed E-state index contributed by atoms with van der Waals surface area (Å²) in [5.41, 5.74) is 0.0197. The van der Waals surface area contributed by atoms with Gasteiger partial charge in [-0.1, -0.05) is 6.92 Å². The van der Waals surface area contributed by atoms with Gasteiger partial charge >= 0.3 is 0 Å². The monoisotopic (exact) mass is 301 g/mol. The van der Waals surface area contributed by atoms with Gasteiger partial charge in [0, 0.05) is 26.2 Å². The Morgan fingerprint density at radius 2 is 2.05 bits per heavy atom. The van der Waals surface area contributed by atoms with Crippen LogP contribution in [0, 0.1) is 10.1 Å². The Balaban J connectivity index is 3.30. The van der Waals surface area contributed by atoms with Crippen LogP contribution in [0.15, 0.2) is 23.1 Å². The van der Waals surface area contributed by atoms with Gasteiger partial charge in [0.15, 0.2) is 0 Å². The first-order valence-electron chi connectivity index (χ1n) is 6.19. The number of nitrogens with one attached hydrogen (secondary N) is 1. The largest absolute Gasteiger partial charge is 0.383 e. The topological polar surface area (TPSA) is 92.5 Å². The fourth-order valence-corrected chi connectivity index (χ4v) is 3.16. The highest BCUT2D eigenvalue weighted by atomic mass is 32.2. The molecule has 1 atom stereocenters. The number of sulfonamides is 1. The van der Waals surface area contributed by atoms with Crippen molar-refractivity contribution < 1.29 is 13.3 Å². The average molecular weight is 301 g/mol. The normalized spacial score (nSPS) is 13.2. The van der Waals surface area contributed by atoms with Gasteiger partial charge in [-0.25, -0.2) is 8.42 Å². The standard InChI is InChI=1S/C12H19N3O4S/c1-5-9(2)14(4)20(18,19)10-6-7-12(15(16)17)11(8-10)13-3/h6-9,13H,5H2,1-4H3. The zero-order valence-corrected chi connectivity index (χ0v) is 12.8. The molecule has 0 spiro atoms. The molecule has 1 unspecified atom stereocenters. The van der Waals surface area contributed by atoms with Crippen molar-refractivity contribution in [3.8, 4) is 0 Å². The SMILES string of the molecule is CCC(C)N(C)S(=O)(=O)c1ccc([N+](=O)[O-])c(NC)c1. The van der Waals surface area contributed by atoms with Crippen LogP contribution in [0.2, 0.25) is 0 Å².